The van der Waals surface area contributed by atoms with Crippen LogP contribution in [-0.4, -0.2) is 24.5 Å². The van der Waals surface area contributed by atoms with Crippen LogP contribution in [0.1, 0.15) is 5.56 Å². The number of nitriles is 1. The molecule has 0 fully saturated rings. The Hall–Kier alpha value is -5.41. The molecule has 0 saturated heterocycles. The first-order valence-electron chi connectivity index (χ1n) is 11.8. The molecule has 6 heteroatoms. The lowest BCUT2D eigenvalue weighted by Crippen LogP contribution is -2.06. The van der Waals surface area contributed by atoms with Gasteiger partial charge < -0.3 is 24.5 Å². The normalized spacial score (nSPS) is 11.5. The summed E-state index contributed by atoms with van der Waals surface area (Å²) in [4.78, 5) is 0. The third-order valence-corrected chi connectivity index (χ3v) is 7.09. The van der Waals surface area contributed by atoms with Crippen molar-refractivity contribution in [3.8, 4) is 34.7 Å². The van der Waals surface area contributed by atoms with E-state index in [4.69, 9.17) is 0 Å². The Kier molecular flexibility index (Phi) is 4.26. The van der Waals surface area contributed by atoms with E-state index in [0.717, 1.165) is 43.6 Å². The summed E-state index contributed by atoms with van der Waals surface area (Å²) in [7, 11) is 0. The van der Waals surface area contributed by atoms with Crippen LogP contribution in [0.25, 0.3) is 55.0 Å². The molecule has 37 heavy (non-hydrogen) atoms. The van der Waals surface area contributed by atoms with Gasteiger partial charge in [0.25, 0.3) is 0 Å². The lowest BCUT2D eigenvalue weighted by molar-refractivity contribution is 0.393. The topological polar surface area (TPSA) is 94.3 Å². The molecule has 3 N–H and O–H groups in total. The number of para-hydroxylation sites is 4. The summed E-state index contributed by atoms with van der Waals surface area (Å²) >= 11 is 0. The first-order valence-corrected chi connectivity index (χ1v) is 11.8. The number of hydrogen-bond donors (Lipinski definition) is 3. The van der Waals surface area contributed by atoms with Crippen LogP contribution in [0, 0.1) is 11.3 Å². The highest BCUT2D eigenvalue weighted by Crippen LogP contribution is 2.50. The molecular formula is C31H19N3O3. The monoisotopic (exact) mass is 481 g/mol. The lowest BCUT2D eigenvalue weighted by Gasteiger charge is -2.20. The molecule has 2 aromatic heterocycles. The van der Waals surface area contributed by atoms with Crippen molar-refractivity contribution < 1.29 is 15.3 Å². The van der Waals surface area contributed by atoms with Crippen molar-refractivity contribution in [3.63, 3.8) is 0 Å². The first-order chi connectivity index (χ1) is 18.1. The number of fused-ring (bicyclic) bond motifs is 6. The number of aromatic nitrogens is 2. The molecular weight excluding hydrogens is 462 g/mol. The van der Waals surface area contributed by atoms with Crippen molar-refractivity contribution in [2.45, 2.75) is 0 Å². The Balaban J connectivity index is 1.77. The number of hydrogen-bond acceptors (Lipinski definition) is 4. The van der Waals surface area contributed by atoms with Crippen LogP contribution in [0.15, 0.2) is 97.1 Å². The second-order valence-corrected chi connectivity index (χ2v) is 8.97. The molecule has 7 aromatic rings. The van der Waals surface area contributed by atoms with Gasteiger partial charge in [-0.15, -0.1) is 0 Å². The minimum absolute atomic E-state index is 0.179. The summed E-state index contributed by atoms with van der Waals surface area (Å²) in [6.45, 7) is 0. The average molecular weight is 482 g/mol. The number of benzene rings is 5. The van der Waals surface area contributed by atoms with Crippen LogP contribution in [0.4, 0.5) is 0 Å². The second-order valence-electron chi connectivity index (χ2n) is 8.97. The van der Waals surface area contributed by atoms with Gasteiger partial charge in [0.2, 0.25) is 0 Å². The Morgan fingerprint density at radius 3 is 1.14 bits per heavy atom. The summed E-state index contributed by atoms with van der Waals surface area (Å²) < 4.78 is 3.68. The maximum absolute atomic E-state index is 11.6. The van der Waals surface area contributed by atoms with E-state index in [1.807, 2.05) is 112 Å². The van der Waals surface area contributed by atoms with Crippen LogP contribution in [0.5, 0.6) is 17.2 Å². The zero-order valence-corrected chi connectivity index (χ0v) is 19.4. The third-order valence-electron chi connectivity index (χ3n) is 7.09. The molecule has 0 aliphatic heterocycles. The molecule has 0 spiro atoms. The Morgan fingerprint density at radius 2 is 0.784 bits per heavy atom. The fourth-order valence-electron chi connectivity index (χ4n) is 5.54. The van der Waals surface area contributed by atoms with Crippen LogP contribution in [0.2, 0.25) is 0 Å². The molecule has 6 nitrogen and oxygen atoms in total. The molecule has 0 amide bonds. The maximum atomic E-state index is 11.6. The van der Waals surface area contributed by atoms with Gasteiger partial charge in [-0.1, -0.05) is 72.8 Å². The average Bonchev–Trinajstić information content (AvgIpc) is 3.44. The SMILES string of the molecule is N#Cc1c(O)c(O)c(-n2c3ccccc3c3ccccc32)c(-n2c3ccccc3c3ccccc32)c1O. The summed E-state index contributed by atoms with van der Waals surface area (Å²) in [6.07, 6.45) is 0. The molecule has 0 unspecified atom stereocenters. The zero-order chi connectivity index (χ0) is 25.3. The van der Waals surface area contributed by atoms with Crippen LogP contribution in [-0.2, 0) is 0 Å². The molecule has 7 rings (SSSR count). The van der Waals surface area contributed by atoms with E-state index in [2.05, 4.69) is 0 Å². The summed E-state index contributed by atoms with van der Waals surface area (Å²) in [5, 5.41) is 47.6. The molecule has 0 bridgehead atoms. The maximum Gasteiger partial charge on any atom is 0.186 e. The molecule has 0 saturated carbocycles. The van der Waals surface area contributed by atoms with Crippen LogP contribution < -0.4 is 0 Å². The van der Waals surface area contributed by atoms with Crippen molar-refractivity contribution >= 4 is 43.6 Å². The highest BCUT2D eigenvalue weighted by Gasteiger charge is 2.30. The molecule has 5 aromatic carbocycles. The number of rotatable bonds is 2. The molecule has 0 atom stereocenters. The number of phenolic OH excluding ortho intramolecular Hbond substituents is 3. The predicted octanol–water partition coefficient (Wildman–Crippen LogP) is 6.87. The summed E-state index contributed by atoms with van der Waals surface area (Å²) in [5.41, 5.74) is 3.13. The van der Waals surface area contributed by atoms with E-state index < -0.39 is 17.2 Å². The predicted molar refractivity (Wildman–Crippen MR) is 145 cm³/mol. The summed E-state index contributed by atoms with van der Waals surface area (Å²) in [6, 6.07) is 33.0. The second kappa shape index (κ2) is 7.54. The van der Waals surface area contributed by atoms with Gasteiger partial charge in [-0.05, 0) is 24.3 Å². The van der Waals surface area contributed by atoms with E-state index in [1.165, 1.54) is 0 Å². The van der Waals surface area contributed by atoms with Crippen LogP contribution in [0.3, 0.4) is 0 Å². The van der Waals surface area contributed by atoms with Gasteiger partial charge >= 0.3 is 0 Å². The minimum Gasteiger partial charge on any atom is -0.504 e. The van der Waals surface area contributed by atoms with E-state index in [1.54, 1.807) is 0 Å². The van der Waals surface area contributed by atoms with Crippen molar-refractivity contribution in [1.29, 1.82) is 5.26 Å². The third kappa shape index (κ3) is 2.68. The number of aromatic hydroxyl groups is 3. The Labute approximate surface area is 210 Å². The van der Waals surface area contributed by atoms with Gasteiger partial charge in [-0.2, -0.15) is 5.26 Å². The molecule has 176 valence electrons. The first kappa shape index (κ1) is 20.9. The number of phenols is 3. The fraction of sp³-hybridized carbons (Fsp3) is 0. The fourth-order valence-corrected chi connectivity index (χ4v) is 5.54. The van der Waals surface area contributed by atoms with Crippen molar-refractivity contribution in [3.05, 3.63) is 103 Å². The van der Waals surface area contributed by atoms with Gasteiger partial charge in [0.1, 0.15) is 23.0 Å². The zero-order valence-electron chi connectivity index (χ0n) is 19.4. The van der Waals surface area contributed by atoms with Gasteiger partial charge in [0.05, 0.1) is 22.1 Å². The standard InChI is InChI=1S/C31H19N3O3/c32-17-22-29(35)27(33-23-13-5-1-9-18(23)19-10-2-6-14-24(19)33)28(31(37)30(22)36)34-25-15-7-3-11-20(25)21-12-4-8-16-26(21)34/h1-16,35-37H. The molecule has 0 aliphatic carbocycles. The highest BCUT2D eigenvalue weighted by atomic mass is 16.3. The quantitative estimate of drug-likeness (QED) is 0.186. The minimum atomic E-state index is -0.665. The highest BCUT2D eigenvalue weighted by molar-refractivity contribution is 6.12. The number of nitrogens with zero attached hydrogens (tertiary/aromatic N) is 3. The van der Waals surface area contributed by atoms with Gasteiger partial charge in [0.15, 0.2) is 17.2 Å². The largest absolute Gasteiger partial charge is 0.504 e. The van der Waals surface area contributed by atoms with E-state index in [-0.39, 0.29) is 16.9 Å². The van der Waals surface area contributed by atoms with Crippen molar-refractivity contribution in [2.75, 3.05) is 0 Å². The van der Waals surface area contributed by atoms with Crippen molar-refractivity contribution in [2.24, 2.45) is 0 Å². The lowest BCUT2D eigenvalue weighted by atomic mass is 10.1. The van der Waals surface area contributed by atoms with E-state index >= 15 is 0 Å². The smallest absolute Gasteiger partial charge is 0.186 e. The molecule has 2 heterocycles. The van der Waals surface area contributed by atoms with Gasteiger partial charge in [0, 0.05) is 21.5 Å². The van der Waals surface area contributed by atoms with Gasteiger partial charge in [-0.3, -0.25) is 0 Å². The van der Waals surface area contributed by atoms with E-state index in [0.29, 0.717) is 0 Å². The molecule has 0 radical (unpaired) electrons. The summed E-state index contributed by atoms with van der Waals surface area (Å²) in [5.74, 6) is -1.57. The van der Waals surface area contributed by atoms with Crippen LogP contribution >= 0.6 is 0 Å². The van der Waals surface area contributed by atoms with Gasteiger partial charge in [-0.25, -0.2) is 0 Å². The Bertz CT molecular complexity index is 1990. The van der Waals surface area contributed by atoms with E-state index in [9.17, 15) is 20.6 Å². The van der Waals surface area contributed by atoms with Crippen molar-refractivity contribution in [1.82, 2.24) is 9.13 Å². The molecule has 0 aliphatic rings. The Morgan fingerprint density at radius 1 is 0.459 bits per heavy atom.